The molecule has 0 aromatic heterocycles. The van der Waals surface area contributed by atoms with E-state index >= 15 is 0 Å². The SMILES string of the molecule is Cc1ccc(CC(=O)N/N=C\c2cccc(OCc3cccc4ccccc34)c2)c(C)c1. The average Bonchev–Trinajstić information content (AvgIpc) is 2.80. The first-order chi connectivity index (χ1) is 15.6. The fourth-order valence-corrected chi connectivity index (χ4v) is 3.70. The van der Waals surface area contributed by atoms with Gasteiger partial charge in [0.2, 0.25) is 5.91 Å². The van der Waals surface area contributed by atoms with E-state index < -0.39 is 0 Å². The van der Waals surface area contributed by atoms with E-state index in [4.69, 9.17) is 4.74 Å². The summed E-state index contributed by atoms with van der Waals surface area (Å²) in [4.78, 5) is 12.2. The summed E-state index contributed by atoms with van der Waals surface area (Å²) in [5, 5.41) is 6.50. The van der Waals surface area contributed by atoms with E-state index in [-0.39, 0.29) is 5.91 Å². The molecule has 0 unspecified atom stereocenters. The lowest BCUT2D eigenvalue weighted by atomic mass is 10.0. The van der Waals surface area contributed by atoms with Gasteiger partial charge < -0.3 is 4.74 Å². The maximum Gasteiger partial charge on any atom is 0.244 e. The minimum Gasteiger partial charge on any atom is -0.489 e. The summed E-state index contributed by atoms with van der Waals surface area (Å²) in [5.41, 5.74) is 7.91. The van der Waals surface area contributed by atoms with Crippen LogP contribution >= 0.6 is 0 Å². The first kappa shape index (κ1) is 21.3. The summed E-state index contributed by atoms with van der Waals surface area (Å²) in [5.74, 6) is 0.611. The van der Waals surface area contributed by atoms with Crippen LogP contribution < -0.4 is 10.2 Å². The Morgan fingerprint density at radius 3 is 2.59 bits per heavy atom. The van der Waals surface area contributed by atoms with Crippen molar-refractivity contribution >= 4 is 22.9 Å². The number of ether oxygens (including phenoxy) is 1. The zero-order valence-corrected chi connectivity index (χ0v) is 18.3. The Hall–Kier alpha value is -3.92. The molecular weight excluding hydrogens is 396 g/mol. The molecule has 0 aliphatic rings. The number of hydrogen-bond donors (Lipinski definition) is 1. The van der Waals surface area contributed by atoms with Crippen LogP contribution in [0.3, 0.4) is 0 Å². The predicted octanol–water partition coefficient (Wildman–Crippen LogP) is 5.73. The molecule has 4 aromatic carbocycles. The van der Waals surface area contributed by atoms with E-state index in [1.54, 1.807) is 6.21 Å². The van der Waals surface area contributed by atoms with Gasteiger partial charge in [-0.1, -0.05) is 78.4 Å². The standard InChI is InChI=1S/C28H26N2O2/c1-20-13-14-24(21(2)15-20)17-28(31)30-29-18-22-7-5-11-26(16-22)32-19-25-10-6-9-23-8-3-4-12-27(23)25/h3-16,18H,17,19H2,1-2H3,(H,30,31)/b29-18-. The molecule has 0 spiro atoms. The summed E-state index contributed by atoms with van der Waals surface area (Å²) < 4.78 is 6.02. The fraction of sp³-hybridized carbons (Fsp3) is 0.143. The first-order valence-electron chi connectivity index (χ1n) is 10.7. The number of carbonyl (C=O) groups excluding carboxylic acids is 1. The normalized spacial score (nSPS) is 11.1. The number of nitrogens with one attached hydrogen (secondary N) is 1. The van der Waals surface area contributed by atoms with Gasteiger partial charge in [-0.15, -0.1) is 0 Å². The fourth-order valence-electron chi connectivity index (χ4n) is 3.70. The average molecular weight is 423 g/mol. The number of carbonyl (C=O) groups is 1. The first-order valence-corrected chi connectivity index (χ1v) is 10.7. The Morgan fingerprint density at radius 1 is 0.906 bits per heavy atom. The number of aryl methyl sites for hydroxylation is 2. The van der Waals surface area contributed by atoms with Crippen molar-refractivity contribution in [1.29, 1.82) is 0 Å². The Balaban J connectivity index is 1.35. The third-order valence-corrected chi connectivity index (χ3v) is 5.38. The van der Waals surface area contributed by atoms with Crippen LogP contribution in [0.2, 0.25) is 0 Å². The Kier molecular flexibility index (Phi) is 6.61. The summed E-state index contributed by atoms with van der Waals surface area (Å²) in [6.07, 6.45) is 1.93. The number of rotatable bonds is 7. The van der Waals surface area contributed by atoms with Gasteiger partial charge in [0.15, 0.2) is 0 Å². The maximum absolute atomic E-state index is 12.2. The molecule has 0 atom stereocenters. The van der Waals surface area contributed by atoms with Crippen LogP contribution in [-0.4, -0.2) is 12.1 Å². The number of hydrazone groups is 1. The molecule has 0 heterocycles. The molecule has 0 saturated heterocycles. The van der Waals surface area contributed by atoms with Gasteiger partial charge in [-0.25, -0.2) is 5.43 Å². The smallest absolute Gasteiger partial charge is 0.244 e. The van der Waals surface area contributed by atoms with Crippen LogP contribution in [0.1, 0.15) is 27.8 Å². The third kappa shape index (κ3) is 5.41. The second-order valence-corrected chi connectivity index (χ2v) is 7.90. The van der Waals surface area contributed by atoms with Crippen molar-refractivity contribution in [2.45, 2.75) is 26.9 Å². The second-order valence-electron chi connectivity index (χ2n) is 7.90. The van der Waals surface area contributed by atoms with Crippen molar-refractivity contribution in [3.8, 4) is 5.75 Å². The summed E-state index contributed by atoms with van der Waals surface area (Å²) >= 11 is 0. The quantitative estimate of drug-likeness (QED) is 0.305. The molecule has 0 aliphatic carbocycles. The molecule has 1 N–H and O–H groups in total. The van der Waals surface area contributed by atoms with Gasteiger partial charge in [0.25, 0.3) is 0 Å². The highest BCUT2D eigenvalue weighted by Crippen LogP contribution is 2.21. The molecule has 0 aliphatic heterocycles. The number of benzene rings is 4. The minimum absolute atomic E-state index is 0.142. The van der Waals surface area contributed by atoms with Crippen molar-refractivity contribution in [3.05, 3.63) is 113 Å². The van der Waals surface area contributed by atoms with Crippen molar-refractivity contribution in [2.75, 3.05) is 0 Å². The number of nitrogens with zero attached hydrogens (tertiary/aromatic N) is 1. The molecule has 0 saturated carbocycles. The molecule has 1 amide bonds. The maximum atomic E-state index is 12.2. The lowest BCUT2D eigenvalue weighted by molar-refractivity contribution is -0.120. The zero-order valence-electron chi connectivity index (χ0n) is 18.3. The number of amides is 1. The topological polar surface area (TPSA) is 50.7 Å². The lowest BCUT2D eigenvalue weighted by Gasteiger charge is -2.09. The molecule has 0 fully saturated rings. The van der Waals surface area contributed by atoms with E-state index in [1.807, 2.05) is 68.4 Å². The van der Waals surface area contributed by atoms with Gasteiger partial charge in [0.1, 0.15) is 12.4 Å². The van der Waals surface area contributed by atoms with Gasteiger partial charge in [0.05, 0.1) is 12.6 Å². The Bertz CT molecular complexity index is 1270. The number of fused-ring (bicyclic) bond motifs is 1. The van der Waals surface area contributed by atoms with E-state index in [0.29, 0.717) is 13.0 Å². The van der Waals surface area contributed by atoms with Gasteiger partial charge in [-0.2, -0.15) is 5.10 Å². The van der Waals surface area contributed by atoms with E-state index in [9.17, 15) is 4.79 Å². The highest BCUT2D eigenvalue weighted by Gasteiger charge is 2.05. The van der Waals surface area contributed by atoms with E-state index in [2.05, 4.69) is 40.9 Å². The van der Waals surface area contributed by atoms with Gasteiger partial charge in [-0.05, 0) is 59.0 Å². The second kappa shape index (κ2) is 9.92. The van der Waals surface area contributed by atoms with Crippen LogP contribution in [0, 0.1) is 13.8 Å². The molecule has 4 heteroatoms. The third-order valence-electron chi connectivity index (χ3n) is 5.38. The van der Waals surface area contributed by atoms with Crippen LogP contribution in [0.4, 0.5) is 0 Å². The van der Waals surface area contributed by atoms with Crippen molar-refractivity contribution in [3.63, 3.8) is 0 Å². The summed E-state index contributed by atoms with van der Waals surface area (Å²) in [7, 11) is 0. The Labute approximate surface area is 188 Å². The molecule has 32 heavy (non-hydrogen) atoms. The van der Waals surface area contributed by atoms with Crippen molar-refractivity contribution in [1.82, 2.24) is 5.43 Å². The van der Waals surface area contributed by atoms with Crippen LogP contribution in [0.15, 0.2) is 90.0 Å². The molecule has 0 bridgehead atoms. The van der Waals surface area contributed by atoms with E-state index in [0.717, 1.165) is 28.0 Å². The highest BCUT2D eigenvalue weighted by molar-refractivity contribution is 5.86. The van der Waals surface area contributed by atoms with Crippen LogP contribution in [0.5, 0.6) is 5.75 Å². The monoisotopic (exact) mass is 422 g/mol. The number of hydrogen-bond acceptors (Lipinski definition) is 3. The molecule has 160 valence electrons. The zero-order chi connectivity index (χ0) is 22.3. The van der Waals surface area contributed by atoms with Crippen molar-refractivity contribution < 1.29 is 9.53 Å². The predicted molar refractivity (Wildman–Crippen MR) is 130 cm³/mol. The highest BCUT2D eigenvalue weighted by atomic mass is 16.5. The minimum atomic E-state index is -0.142. The molecular formula is C28H26N2O2. The van der Waals surface area contributed by atoms with E-state index in [1.165, 1.54) is 16.3 Å². The largest absolute Gasteiger partial charge is 0.489 e. The van der Waals surface area contributed by atoms with Gasteiger partial charge in [-0.3, -0.25) is 4.79 Å². The van der Waals surface area contributed by atoms with Gasteiger partial charge >= 0.3 is 0 Å². The molecule has 4 nitrogen and oxygen atoms in total. The molecule has 0 radical (unpaired) electrons. The molecule has 4 rings (SSSR count). The van der Waals surface area contributed by atoms with Crippen LogP contribution in [-0.2, 0) is 17.8 Å². The summed E-state index contributed by atoms with van der Waals surface area (Å²) in [6.45, 7) is 4.54. The van der Waals surface area contributed by atoms with Crippen LogP contribution in [0.25, 0.3) is 10.8 Å². The lowest BCUT2D eigenvalue weighted by Crippen LogP contribution is -2.20. The van der Waals surface area contributed by atoms with Crippen molar-refractivity contribution in [2.24, 2.45) is 5.10 Å². The Morgan fingerprint density at radius 2 is 1.72 bits per heavy atom. The van der Waals surface area contributed by atoms with Gasteiger partial charge in [0, 0.05) is 0 Å². The summed E-state index contributed by atoms with van der Waals surface area (Å²) in [6, 6.07) is 28.3. The molecule has 4 aromatic rings.